The largest absolute Gasteiger partial charge is 0.441 e. The van der Waals surface area contributed by atoms with Crippen LogP contribution in [0.2, 0.25) is 0 Å². The highest BCUT2D eigenvalue weighted by Gasteiger charge is 2.30. The van der Waals surface area contributed by atoms with E-state index in [1.807, 2.05) is 17.0 Å². The zero-order valence-electron chi connectivity index (χ0n) is 15.5. The van der Waals surface area contributed by atoms with Crippen molar-refractivity contribution in [2.75, 3.05) is 13.1 Å². The average Bonchev–Trinajstić information content (AvgIpc) is 3.20. The molecular weight excluding hydrogens is 385 g/mol. The van der Waals surface area contributed by atoms with E-state index in [9.17, 15) is 4.79 Å². The van der Waals surface area contributed by atoms with E-state index in [1.165, 1.54) is 18.4 Å². The summed E-state index contributed by atoms with van der Waals surface area (Å²) in [7, 11) is 0. The molecule has 2 aromatic rings. The maximum Gasteiger partial charge on any atom is 0.223 e. The molecule has 0 spiro atoms. The van der Waals surface area contributed by atoms with Crippen molar-refractivity contribution in [3.63, 3.8) is 0 Å². The first-order valence-electron chi connectivity index (χ1n) is 9.23. The van der Waals surface area contributed by atoms with Crippen LogP contribution in [0.3, 0.4) is 0 Å². The molecule has 0 saturated carbocycles. The van der Waals surface area contributed by atoms with Crippen LogP contribution in [0.4, 0.5) is 0 Å². The maximum absolute atomic E-state index is 12.5. The summed E-state index contributed by atoms with van der Waals surface area (Å²) < 4.78 is 5.83. The molecule has 2 atom stereocenters. The standard InChI is InChI=1S/C20H25N3O2.2ClH/c1-14-2-4-15(5-3-14)18-12-21-19(25-18)8-9-20(24)23-11-10-16-6-7-17(13-23)22-16;;/h2-5,12,16-17,22H,6-11,13H2,1H3;2*1H. The van der Waals surface area contributed by atoms with E-state index in [4.69, 9.17) is 4.42 Å². The molecule has 2 unspecified atom stereocenters. The molecule has 1 N–H and O–H groups in total. The van der Waals surface area contributed by atoms with Crippen LogP contribution < -0.4 is 5.32 Å². The smallest absolute Gasteiger partial charge is 0.223 e. The number of oxazole rings is 1. The van der Waals surface area contributed by atoms with Gasteiger partial charge in [0, 0.05) is 43.6 Å². The molecule has 1 aromatic carbocycles. The molecule has 1 amide bonds. The van der Waals surface area contributed by atoms with Crippen LogP contribution in [0.1, 0.15) is 37.1 Å². The first-order valence-corrected chi connectivity index (χ1v) is 9.23. The van der Waals surface area contributed by atoms with Gasteiger partial charge in [-0.15, -0.1) is 24.8 Å². The van der Waals surface area contributed by atoms with Crippen molar-refractivity contribution < 1.29 is 9.21 Å². The minimum atomic E-state index is 0. The average molecular weight is 412 g/mol. The first-order chi connectivity index (χ1) is 12.2. The van der Waals surface area contributed by atoms with Gasteiger partial charge < -0.3 is 14.6 Å². The lowest BCUT2D eigenvalue weighted by atomic mass is 10.1. The summed E-state index contributed by atoms with van der Waals surface area (Å²) in [6, 6.07) is 9.26. The van der Waals surface area contributed by atoms with E-state index in [-0.39, 0.29) is 30.7 Å². The number of amides is 1. The van der Waals surface area contributed by atoms with E-state index in [0.29, 0.717) is 30.8 Å². The SMILES string of the molecule is Cc1ccc(-c2cnc(CCC(=O)N3CCC4CCC(C3)N4)o2)cc1.Cl.Cl. The Bertz CT molecular complexity index is 748. The topological polar surface area (TPSA) is 58.4 Å². The number of carbonyl (C=O) groups excluding carboxylic acids is 1. The molecule has 2 fully saturated rings. The minimum Gasteiger partial charge on any atom is -0.441 e. The number of hydrogen-bond acceptors (Lipinski definition) is 4. The second kappa shape index (κ2) is 9.58. The Morgan fingerprint density at radius 1 is 1.19 bits per heavy atom. The Balaban J connectivity index is 0.00000131. The van der Waals surface area contributed by atoms with Crippen molar-refractivity contribution in [3.05, 3.63) is 41.9 Å². The van der Waals surface area contributed by atoms with Gasteiger partial charge in [-0.3, -0.25) is 4.79 Å². The summed E-state index contributed by atoms with van der Waals surface area (Å²) in [5, 5.41) is 3.61. The van der Waals surface area contributed by atoms with Crippen LogP contribution in [-0.4, -0.2) is 41.0 Å². The highest BCUT2D eigenvalue weighted by molar-refractivity contribution is 5.85. The third kappa shape index (κ3) is 5.24. The molecule has 0 radical (unpaired) electrons. The first kappa shape index (κ1) is 21.7. The number of hydrogen-bond donors (Lipinski definition) is 1. The number of aromatic nitrogens is 1. The van der Waals surface area contributed by atoms with Gasteiger partial charge in [-0.05, 0) is 26.2 Å². The molecule has 7 heteroatoms. The van der Waals surface area contributed by atoms with Crippen LogP contribution in [0.5, 0.6) is 0 Å². The third-order valence-electron chi connectivity index (χ3n) is 5.32. The van der Waals surface area contributed by atoms with E-state index in [0.717, 1.165) is 30.8 Å². The van der Waals surface area contributed by atoms with Gasteiger partial charge in [0.15, 0.2) is 11.7 Å². The molecule has 148 valence electrons. The summed E-state index contributed by atoms with van der Waals surface area (Å²) in [5.41, 5.74) is 2.24. The van der Waals surface area contributed by atoms with Crippen LogP contribution in [0.25, 0.3) is 11.3 Å². The summed E-state index contributed by atoms with van der Waals surface area (Å²) in [6.07, 6.45) is 6.28. The minimum absolute atomic E-state index is 0. The molecule has 2 saturated heterocycles. The molecule has 2 aliphatic rings. The fourth-order valence-electron chi connectivity index (χ4n) is 3.82. The number of halogens is 2. The van der Waals surface area contributed by atoms with Crippen LogP contribution in [0.15, 0.2) is 34.9 Å². The van der Waals surface area contributed by atoms with Gasteiger partial charge in [0.2, 0.25) is 5.91 Å². The van der Waals surface area contributed by atoms with E-state index in [1.54, 1.807) is 6.20 Å². The third-order valence-corrected chi connectivity index (χ3v) is 5.32. The predicted octanol–water partition coefficient (Wildman–Crippen LogP) is 3.78. The number of carbonyl (C=O) groups is 1. The van der Waals surface area contributed by atoms with Gasteiger partial charge in [-0.25, -0.2) is 4.98 Å². The summed E-state index contributed by atoms with van der Waals surface area (Å²) in [5.74, 6) is 1.61. The van der Waals surface area contributed by atoms with Gasteiger partial charge in [-0.2, -0.15) is 0 Å². The fraction of sp³-hybridized carbons (Fsp3) is 0.500. The van der Waals surface area contributed by atoms with Gasteiger partial charge >= 0.3 is 0 Å². The van der Waals surface area contributed by atoms with E-state index >= 15 is 0 Å². The van der Waals surface area contributed by atoms with Gasteiger partial charge in [0.1, 0.15) is 0 Å². The zero-order valence-corrected chi connectivity index (χ0v) is 17.2. The molecule has 27 heavy (non-hydrogen) atoms. The summed E-state index contributed by atoms with van der Waals surface area (Å²) in [6.45, 7) is 3.77. The highest BCUT2D eigenvalue weighted by Crippen LogP contribution is 2.23. The second-order valence-electron chi connectivity index (χ2n) is 7.25. The molecule has 2 bridgehead atoms. The van der Waals surface area contributed by atoms with E-state index in [2.05, 4.69) is 29.4 Å². The van der Waals surface area contributed by atoms with Crippen LogP contribution in [-0.2, 0) is 11.2 Å². The normalized spacial score (nSPS) is 21.1. The number of nitrogens with zero attached hydrogens (tertiary/aromatic N) is 2. The molecule has 5 nitrogen and oxygen atoms in total. The number of rotatable bonds is 4. The number of nitrogens with one attached hydrogen (secondary N) is 1. The lowest BCUT2D eigenvalue weighted by molar-refractivity contribution is -0.131. The van der Waals surface area contributed by atoms with Crippen molar-refractivity contribution >= 4 is 30.7 Å². The quantitative estimate of drug-likeness (QED) is 0.831. The van der Waals surface area contributed by atoms with Crippen molar-refractivity contribution in [1.29, 1.82) is 0 Å². The van der Waals surface area contributed by atoms with Gasteiger partial charge in [0.05, 0.1) is 6.20 Å². The lowest BCUT2D eigenvalue weighted by Gasteiger charge is -2.24. The van der Waals surface area contributed by atoms with Crippen molar-refractivity contribution in [3.8, 4) is 11.3 Å². The van der Waals surface area contributed by atoms with Crippen molar-refractivity contribution in [1.82, 2.24) is 15.2 Å². The zero-order chi connectivity index (χ0) is 17.2. The van der Waals surface area contributed by atoms with Gasteiger partial charge in [0.25, 0.3) is 0 Å². The Morgan fingerprint density at radius 2 is 1.93 bits per heavy atom. The molecular formula is C20H27Cl2N3O2. The summed E-state index contributed by atoms with van der Waals surface area (Å²) in [4.78, 5) is 18.9. The second-order valence-corrected chi connectivity index (χ2v) is 7.25. The van der Waals surface area contributed by atoms with Gasteiger partial charge in [-0.1, -0.05) is 29.8 Å². The molecule has 3 heterocycles. The number of aryl methyl sites for hydroxylation is 2. The Morgan fingerprint density at radius 3 is 2.70 bits per heavy atom. The van der Waals surface area contributed by atoms with Crippen molar-refractivity contribution in [2.45, 2.75) is 51.1 Å². The van der Waals surface area contributed by atoms with Crippen LogP contribution >= 0.6 is 24.8 Å². The molecule has 0 aliphatic carbocycles. The highest BCUT2D eigenvalue weighted by atomic mass is 35.5. The molecule has 1 aromatic heterocycles. The van der Waals surface area contributed by atoms with Crippen molar-refractivity contribution in [2.24, 2.45) is 0 Å². The molecule has 4 rings (SSSR count). The number of benzene rings is 1. The number of fused-ring (bicyclic) bond motifs is 2. The van der Waals surface area contributed by atoms with E-state index < -0.39 is 0 Å². The molecule has 2 aliphatic heterocycles. The lowest BCUT2D eigenvalue weighted by Crippen LogP contribution is -2.39. The monoisotopic (exact) mass is 411 g/mol. The Kier molecular flexibility index (Phi) is 7.71. The Hall–Kier alpha value is -1.56. The summed E-state index contributed by atoms with van der Waals surface area (Å²) >= 11 is 0. The van der Waals surface area contributed by atoms with Crippen LogP contribution in [0, 0.1) is 6.92 Å². The maximum atomic E-state index is 12.5. The fourth-order valence-corrected chi connectivity index (χ4v) is 3.82. The Labute approximate surface area is 172 Å². The number of likely N-dealkylation sites (tertiary alicyclic amines) is 1. The predicted molar refractivity (Wildman–Crippen MR) is 111 cm³/mol.